The van der Waals surface area contributed by atoms with Gasteiger partial charge in [-0.3, -0.25) is 0 Å². The largest absolute Gasteiger partial charge is 0.366 e. The van der Waals surface area contributed by atoms with Crippen molar-refractivity contribution in [2.24, 2.45) is 5.73 Å². The van der Waals surface area contributed by atoms with Crippen molar-refractivity contribution < 1.29 is 0 Å². The third-order valence-corrected chi connectivity index (χ3v) is 3.97. The average molecular weight is 252 g/mol. The highest BCUT2D eigenvalue weighted by atomic mass is 15.2. The van der Waals surface area contributed by atoms with Gasteiger partial charge in [-0.2, -0.15) is 0 Å². The molecule has 19 heavy (non-hydrogen) atoms. The molecule has 1 heterocycles. The molecule has 0 radical (unpaired) electrons. The lowest BCUT2D eigenvalue weighted by molar-refractivity contribution is 0.609. The molecule has 2 N–H and O–H groups in total. The molecule has 0 spiro atoms. The zero-order valence-corrected chi connectivity index (χ0v) is 11.3. The van der Waals surface area contributed by atoms with Crippen LogP contribution >= 0.6 is 0 Å². The molecule has 0 fully saturated rings. The van der Waals surface area contributed by atoms with Crippen molar-refractivity contribution in [3.63, 3.8) is 0 Å². The van der Waals surface area contributed by atoms with Crippen molar-refractivity contribution in [3.05, 3.63) is 65.7 Å². The number of nitrogens with two attached hydrogens (primary N) is 1. The summed E-state index contributed by atoms with van der Waals surface area (Å²) in [4.78, 5) is 2.44. The predicted molar refractivity (Wildman–Crippen MR) is 80.3 cm³/mol. The minimum atomic E-state index is 0.0646. The van der Waals surface area contributed by atoms with Gasteiger partial charge in [-0.25, -0.2) is 0 Å². The molecule has 2 unspecified atom stereocenters. The Hall–Kier alpha value is -1.80. The Morgan fingerprint density at radius 2 is 1.79 bits per heavy atom. The second-order valence-corrected chi connectivity index (χ2v) is 5.35. The molecule has 2 nitrogen and oxygen atoms in total. The van der Waals surface area contributed by atoms with Crippen LogP contribution in [-0.2, 0) is 6.42 Å². The first-order chi connectivity index (χ1) is 9.25. The van der Waals surface area contributed by atoms with Crippen LogP contribution < -0.4 is 10.6 Å². The number of benzene rings is 2. The molecule has 0 bridgehead atoms. The number of hydrogen-bond donors (Lipinski definition) is 1. The monoisotopic (exact) mass is 252 g/mol. The molecule has 1 aliphatic rings. The summed E-state index contributed by atoms with van der Waals surface area (Å²) in [5.74, 6) is 0. The van der Waals surface area contributed by atoms with Crippen LogP contribution in [0.4, 0.5) is 5.69 Å². The Kier molecular flexibility index (Phi) is 3.26. The van der Waals surface area contributed by atoms with E-state index in [0.717, 1.165) is 13.0 Å². The van der Waals surface area contributed by atoms with Crippen molar-refractivity contribution in [1.29, 1.82) is 0 Å². The van der Waals surface area contributed by atoms with Gasteiger partial charge in [0.1, 0.15) is 0 Å². The maximum Gasteiger partial charge on any atom is 0.0473 e. The fraction of sp³-hybridized carbons (Fsp3) is 0.294. The van der Waals surface area contributed by atoms with Crippen LogP contribution in [0.3, 0.4) is 0 Å². The minimum Gasteiger partial charge on any atom is -0.366 e. The average Bonchev–Trinajstić information content (AvgIpc) is 2.76. The first-order valence-electron chi connectivity index (χ1n) is 6.91. The van der Waals surface area contributed by atoms with E-state index >= 15 is 0 Å². The van der Waals surface area contributed by atoms with Crippen LogP contribution in [0.15, 0.2) is 54.6 Å². The van der Waals surface area contributed by atoms with Crippen molar-refractivity contribution in [1.82, 2.24) is 0 Å². The maximum atomic E-state index is 6.35. The van der Waals surface area contributed by atoms with E-state index in [2.05, 4.69) is 60.4 Å². The van der Waals surface area contributed by atoms with E-state index in [-0.39, 0.29) is 6.04 Å². The van der Waals surface area contributed by atoms with Gasteiger partial charge in [-0.15, -0.1) is 0 Å². The highest BCUT2D eigenvalue weighted by Crippen LogP contribution is 2.32. The second-order valence-electron chi connectivity index (χ2n) is 5.35. The fourth-order valence-corrected chi connectivity index (χ4v) is 2.93. The molecular formula is C17H20N2. The van der Waals surface area contributed by atoms with Gasteiger partial charge in [0, 0.05) is 24.3 Å². The van der Waals surface area contributed by atoms with Crippen molar-refractivity contribution >= 4 is 5.69 Å². The highest BCUT2D eigenvalue weighted by Gasteiger charge is 2.26. The molecule has 2 aromatic carbocycles. The van der Waals surface area contributed by atoms with E-state index in [0.29, 0.717) is 6.04 Å². The van der Waals surface area contributed by atoms with Crippen LogP contribution in [-0.4, -0.2) is 12.6 Å². The summed E-state index contributed by atoms with van der Waals surface area (Å²) in [6, 6.07) is 19.6. The predicted octanol–water partition coefficient (Wildman–Crippen LogP) is 3.14. The number of anilines is 1. The molecule has 2 atom stereocenters. The van der Waals surface area contributed by atoms with Gasteiger partial charge in [-0.1, -0.05) is 48.5 Å². The Bertz CT molecular complexity index is 550. The zero-order chi connectivity index (χ0) is 13.2. The molecule has 98 valence electrons. The Balaban J connectivity index is 1.80. The lowest BCUT2D eigenvalue weighted by Gasteiger charge is -2.28. The van der Waals surface area contributed by atoms with Gasteiger partial charge in [0.2, 0.25) is 0 Å². The molecule has 3 rings (SSSR count). The molecule has 1 aliphatic heterocycles. The summed E-state index contributed by atoms with van der Waals surface area (Å²) in [6.45, 7) is 3.15. The first kappa shape index (κ1) is 12.2. The van der Waals surface area contributed by atoms with Gasteiger partial charge in [0.15, 0.2) is 0 Å². The third kappa shape index (κ3) is 2.36. The van der Waals surface area contributed by atoms with Crippen LogP contribution in [0.25, 0.3) is 0 Å². The van der Waals surface area contributed by atoms with Crippen molar-refractivity contribution in [2.45, 2.75) is 25.4 Å². The van der Waals surface area contributed by atoms with E-state index in [1.54, 1.807) is 0 Å². The van der Waals surface area contributed by atoms with E-state index in [1.165, 1.54) is 16.8 Å². The van der Waals surface area contributed by atoms with E-state index in [1.807, 2.05) is 6.07 Å². The zero-order valence-electron chi connectivity index (χ0n) is 11.3. The second kappa shape index (κ2) is 5.06. The van der Waals surface area contributed by atoms with E-state index in [9.17, 15) is 0 Å². The van der Waals surface area contributed by atoms with Crippen LogP contribution in [0, 0.1) is 0 Å². The van der Waals surface area contributed by atoms with Crippen molar-refractivity contribution in [3.8, 4) is 0 Å². The molecule has 0 saturated heterocycles. The summed E-state index contributed by atoms with van der Waals surface area (Å²) >= 11 is 0. The van der Waals surface area contributed by atoms with E-state index in [4.69, 9.17) is 5.73 Å². The first-order valence-corrected chi connectivity index (χ1v) is 6.91. The maximum absolute atomic E-state index is 6.35. The van der Waals surface area contributed by atoms with Gasteiger partial charge < -0.3 is 10.6 Å². The van der Waals surface area contributed by atoms with Gasteiger partial charge in [-0.05, 0) is 30.5 Å². The van der Waals surface area contributed by atoms with Crippen LogP contribution in [0.1, 0.15) is 24.1 Å². The Labute approximate surface area is 114 Å². The molecule has 2 heteroatoms. The number of rotatable bonds is 3. The summed E-state index contributed by atoms with van der Waals surface area (Å²) in [5.41, 5.74) is 10.3. The molecule has 0 aromatic heterocycles. The number of hydrogen-bond acceptors (Lipinski definition) is 2. The Morgan fingerprint density at radius 1 is 1.11 bits per heavy atom. The molecule has 0 amide bonds. The standard InChI is InChI=1S/C17H20N2/c1-13-11-15-9-5-6-10-17(15)19(13)12-16(18)14-7-3-2-4-8-14/h2-10,13,16H,11-12,18H2,1H3. The molecule has 0 aliphatic carbocycles. The smallest absolute Gasteiger partial charge is 0.0473 e. The fourth-order valence-electron chi connectivity index (χ4n) is 2.93. The number of nitrogens with zero attached hydrogens (tertiary/aromatic N) is 1. The molecule has 0 saturated carbocycles. The van der Waals surface area contributed by atoms with E-state index < -0.39 is 0 Å². The lowest BCUT2D eigenvalue weighted by atomic mass is 10.1. The summed E-state index contributed by atoms with van der Waals surface area (Å²) in [6.07, 6.45) is 1.12. The third-order valence-electron chi connectivity index (χ3n) is 3.97. The molecular weight excluding hydrogens is 232 g/mol. The van der Waals surface area contributed by atoms with Gasteiger partial charge in [0.05, 0.1) is 0 Å². The summed E-state index contributed by atoms with van der Waals surface area (Å²) < 4.78 is 0. The quantitative estimate of drug-likeness (QED) is 0.909. The minimum absolute atomic E-state index is 0.0646. The Morgan fingerprint density at radius 3 is 2.58 bits per heavy atom. The van der Waals surface area contributed by atoms with Gasteiger partial charge in [0.25, 0.3) is 0 Å². The number of para-hydroxylation sites is 1. The number of fused-ring (bicyclic) bond motifs is 1. The van der Waals surface area contributed by atoms with Gasteiger partial charge >= 0.3 is 0 Å². The van der Waals surface area contributed by atoms with Crippen LogP contribution in [0.5, 0.6) is 0 Å². The highest BCUT2D eigenvalue weighted by molar-refractivity contribution is 5.59. The topological polar surface area (TPSA) is 29.3 Å². The molecule has 2 aromatic rings. The summed E-state index contributed by atoms with van der Waals surface area (Å²) in [7, 11) is 0. The summed E-state index contributed by atoms with van der Waals surface area (Å²) in [5, 5.41) is 0. The SMILES string of the molecule is CC1Cc2ccccc2N1CC(N)c1ccccc1. The van der Waals surface area contributed by atoms with Crippen LogP contribution in [0.2, 0.25) is 0 Å². The van der Waals surface area contributed by atoms with Crippen molar-refractivity contribution in [2.75, 3.05) is 11.4 Å². The lowest BCUT2D eigenvalue weighted by Crippen LogP contribution is -2.36. The normalized spacial score (nSPS) is 19.3.